The van der Waals surface area contributed by atoms with Gasteiger partial charge in [-0.25, -0.2) is 9.38 Å². The minimum atomic E-state index is -1.28. The highest BCUT2D eigenvalue weighted by molar-refractivity contribution is 8.15. The zero-order valence-electron chi connectivity index (χ0n) is 6.93. The first-order chi connectivity index (χ1) is 5.11. The number of carbonyl (C=O) groups is 1. The lowest BCUT2D eigenvalue weighted by molar-refractivity contribution is -0.112. The highest BCUT2D eigenvalue weighted by Gasteiger charge is 2.08. The van der Waals surface area contributed by atoms with E-state index < -0.39 is 6.30 Å². The Balaban J connectivity index is 4.27. The van der Waals surface area contributed by atoms with Crippen molar-refractivity contribution in [2.45, 2.75) is 26.6 Å². The van der Waals surface area contributed by atoms with E-state index in [0.29, 0.717) is 6.42 Å². The van der Waals surface area contributed by atoms with E-state index in [2.05, 4.69) is 4.99 Å². The van der Waals surface area contributed by atoms with Gasteiger partial charge in [-0.15, -0.1) is 11.8 Å². The predicted molar refractivity (Wildman–Crippen MR) is 46.8 cm³/mol. The third-order valence-corrected chi connectivity index (χ3v) is 1.77. The van der Waals surface area contributed by atoms with Crippen LogP contribution in [-0.4, -0.2) is 23.4 Å². The first-order valence-corrected chi connectivity index (χ1v) is 4.63. The highest BCUT2D eigenvalue weighted by Crippen LogP contribution is 2.05. The molecule has 0 rings (SSSR count). The maximum atomic E-state index is 12.3. The van der Waals surface area contributed by atoms with Gasteiger partial charge in [0.2, 0.25) is 0 Å². The summed E-state index contributed by atoms with van der Waals surface area (Å²) >= 11 is 1.19. The molecule has 0 aliphatic rings. The molecular formula is C7H12FNOS. The van der Waals surface area contributed by atoms with Crippen molar-refractivity contribution in [3.05, 3.63) is 0 Å². The van der Waals surface area contributed by atoms with Crippen molar-refractivity contribution in [3.63, 3.8) is 0 Å². The quantitative estimate of drug-likeness (QED) is 0.375. The van der Waals surface area contributed by atoms with Crippen molar-refractivity contribution < 1.29 is 9.18 Å². The number of hydrogen-bond donors (Lipinski definition) is 0. The van der Waals surface area contributed by atoms with Gasteiger partial charge in [0.1, 0.15) is 5.04 Å². The molecule has 0 saturated heterocycles. The number of thioether (sulfide) groups is 1. The molecule has 11 heavy (non-hydrogen) atoms. The summed E-state index contributed by atoms with van der Waals surface area (Å²) in [6.45, 7) is 3.04. The summed E-state index contributed by atoms with van der Waals surface area (Å²) in [6.07, 6.45) is 0.814. The first-order valence-electron chi connectivity index (χ1n) is 3.40. The van der Waals surface area contributed by atoms with E-state index in [4.69, 9.17) is 0 Å². The molecule has 0 N–H and O–H groups in total. The standard InChI is InChI=1S/C7H12FNOS/c1-4-6(10)7(11-3)9-5(2)8/h5H,4H2,1-3H3. The van der Waals surface area contributed by atoms with E-state index in [-0.39, 0.29) is 10.8 Å². The fraction of sp³-hybridized carbons (Fsp3) is 0.714. The lowest BCUT2D eigenvalue weighted by Crippen LogP contribution is -2.10. The maximum Gasteiger partial charge on any atom is 0.188 e. The van der Waals surface area contributed by atoms with Gasteiger partial charge in [-0.1, -0.05) is 6.92 Å². The molecule has 0 heterocycles. The van der Waals surface area contributed by atoms with Crippen LogP contribution in [0.1, 0.15) is 20.3 Å². The fourth-order valence-corrected chi connectivity index (χ4v) is 1.17. The highest BCUT2D eigenvalue weighted by atomic mass is 32.2. The molecule has 0 aliphatic heterocycles. The van der Waals surface area contributed by atoms with E-state index in [9.17, 15) is 9.18 Å². The summed E-state index contributed by atoms with van der Waals surface area (Å²) in [6, 6.07) is 0. The number of halogens is 1. The smallest absolute Gasteiger partial charge is 0.188 e. The molecule has 1 unspecified atom stereocenters. The molecule has 64 valence electrons. The Labute approximate surface area is 70.3 Å². The predicted octanol–water partition coefficient (Wildman–Crippen LogP) is 2.04. The number of rotatable bonds is 3. The van der Waals surface area contributed by atoms with Gasteiger partial charge >= 0.3 is 0 Å². The molecule has 0 aliphatic carbocycles. The summed E-state index contributed by atoms with van der Waals surface area (Å²) in [5.74, 6) is -0.0954. The van der Waals surface area contributed by atoms with E-state index in [1.165, 1.54) is 18.7 Å². The molecule has 0 radical (unpaired) electrons. The van der Waals surface area contributed by atoms with E-state index in [1.54, 1.807) is 13.2 Å². The van der Waals surface area contributed by atoms with Crippen LogP contribution >= 0.6 is 11.8 Å². The van der Waals surface area contributed by atoms with Gasteiger partial charge in [-0.3, -0.25) is 4.79 Å². The number of hydrogen-bond acceptors (Lipinski definition) is 3. The monoisotopic (exact) mass is 177 g/mol. The Morgan fingerprint density at radius 2 is 2.27 bits per heavy atom. The van der Waals surface area contributed by atoms with Crippen molar-refractivity contribution in [2.75, 3.05) is 6.26 Å². The zero-order valence-corrected chi connectivity index (χ0v) is 7.74. The molecule has 0 aromatic carbocycles. The SMILES string of the molecule is CCC(=O)C(=NC(C)F)SC. The van der Waals surface area contributed by atoms with Crippen LogP contribution < -0.4 is 0 Å². The van der Waals surface area contributed by atoms with E-state index in [0.717, 1.165) is 0 Å². The molecule has 2 nitrogen and oxygen atoms in total. The van der Waals surface area contributed by atoms with Crippen molar-refractivity contribution in [1.82, 2.24) is 0 Å². The summed E-state index contributed by atoms with van der Waals surface area (Å²) in [5.41, 5.74) is 0. The second kappa shape index (κ2) is 5.29. The third kappa shape index (κ3) is 4.14. The number of alkyl halides is 1. The van der Waals surface area contributed by atoms with Crippen molar-refractivity contribution in [2.24, 2.45) is 4.99 Å². The molecule has 0 amide bonds. The first kappa shape index (κ1) is 10.6. The van der Waals surface area contributed by atoms with E-state index in [1.807, 2.05) is 0 Å². The number of ketones is 1. The topological polar surface area (TPSA) is 29.4 Å². The average molecular weight is 177 g/mol. The molecule has 0 bridgehead atoms. The molecule has 0 aromatic rings. The van der Waals surface area contributed by atoms with Crippen LogP contribution in [-0.2, 0) is 4.79 Å². The van der Waals surface area contributed by atoms with Crippen LogP contribution in [0.2, 0.25) is 0 Å². The summed E-state index contributed by atoms with van der Waals surface area (Å²) < 4.78 is 12.3. The largest absolute Gasteiger partial charge is 0.292 e. The number of Topliss-reactive ketones (excluding diaryl/α,β-unsaturated/α-hetero) is 1. The molecule has 0 spiro atoms. The second-order valence-electron chi connectivity index (χ2n) is 1.99. The van der Waals surface area contributed by atoms with Gasteiger partial charge in [0.15, 0.2) is 12.1 Å². The lowest BCUT2D eigenvalue weighted by atomic mass is 10.3. The second-order valence-corrected chi connectivity index (χ2v) is 2.78. The Hall–Kier alpha value is -0.380. The van der Waals surface area contributed by atoms with Crippen LogP contribution in [0.25, 0.3) is 0 Å². The van der Waals surface area contributed by atoms with Crippen LogP contribution in [0.3, 0.4) is 0 Å². The molecule has 4 heteroatoms. The van der Waals surface area contributed by atoms with Crippen molar-refractivity contribution in [3.8, 4) is 0 Å². The number of carbonyl (C=O) groups excluding carboxylic acids is 1. The maximum absolute atomic E-state index is 12.3. The van der Waals surface area contributed by atoms with Crippen LogP contribution in [0.5, 0.6) is 0 Å². The van der Waals surface area contributed by atoms with Crippen LogP contribution in [0.4, 0.5) is 4.39 Å². The summed E-state index contributed by atoms with van der Waals surface area (Å²) in [7, 11) is 0. The van der Waals surface area contributed by atoms with Gasteiger partial charge in [-0.05, 0) is 13.2 Å². The Kier molecular flexibility index (Phi) is 5.11. The van der Waals surface area contributed by atoms with Crippen LogP contribution in [0, 0.1) is 0 Å². The van der Waals surface area contributed by atoms with Crippen molar-refractivity contribution in [1.29, 1.82) is 0 Å². The molecule has 0 fully saturated rings. The van der Waals surface area contributed by atoms with Gasteiger partial charge in [0.05, 0.1) is 0 Å². The Morgan fingerprint density at radius 1 is 1.73 bits per heavy atom. The molecule has 1 atom stereocenters. The zero-order chi connectivity index (χ0) is 8.85. The molecule has 0 saturated carbocycles. The average Bonchev–Trinajstić information content (AvgIpc) is 1.98. The fourth-order valence-electron chi connectivity index (χ4n) is 0.551. The third-order valence-electron chi connectivity index (χ3n) is 1.05. The molecule has 0 aromatic heterocycles. The van der Waals surface area contributed by atoms with Gasteiger partial charge in [0.25, 0.3) is 0 Å². The number of aliphatic imine (C=N–C) groups is 1. The molecular weight excluding hydrogens is 165 g/mol. The normalized spacial score (nSPS) is 14.7. The van der Waals surface area contributed by atoms with Crippen molar-refractivity contribution >= 4 is 22.6 Å². The lowest BCUT2D eigenvalue weighted by Gasteiger charge is -1.99. The van der Waals surface area contributed by atoms with Gasteiger partial charge in [-0.2, -0.15) is 0 Å². The van der Waals surface area contributed by atoms with Gasteiger partial charge in [0, 0.05) is 6.42 Å². The minimum Gasteiger partial charge on any atom is -0.292 e. The van der Waals surface area contributed by atoms with E-state index >= 15 is 0 Å². The summed E-state index contributed by atoms with van der Waals surface area (Å²) in [5, 5.41) is 0.280. The summed E-state index contributed by atoms with van der Waals surface area (Å²) in [4.78, 5) is 14.5. The Morgan fingerprint density at radius 3 is 2.55 bits per heavy atom. The number of nitrogens with zero attached hydrogens (tertiary/aromatic N) is 1. The van der Waals surface area contributed by atoms with Crippen LogP contribution in [0.15, 0.2) is 4.99 Å². The van der Waals surface area contributed by atoms with Gasteiger partial charge < -0.3 is 0 Å². The minimum absolute atomic E-state index is 0.0954. The Bertz CT molecular complexity index is 168.